The summed E-state index contributed by atoms with van der Waals surface area (Å²) in [6.07, 6.45) is 16.4. The number of para-hydroxylation sites is 1. The normalized spacial score (nSPS) is 11.8. The Hall–Kier alpha value is -14.7. The Bertz CT molecular complexity index is 6960. The number of aromatic nitrogens is 15. The molecule has 538 valence electrons. The van der Waals surface area contributed by atoms with E-state index in [0.717, 1.165) is 211 Å². The number of allylic oxidation sites excluding steroid dienone is 1. The number of fused-ring (bicyclic) bond motifs is 16. The van der Waals surface area contributed by atoms with Crippen LogP contribution in [0.5, 0.6) is 11.5 Å². The summed E-state index contributed by atoms with van der Waals surface area (Å²) in [5, 5.41) is 7.50. The minimum Gasteiger partial charge on any atom is -0.497 e. The first-order valence-corrected chi connectivity index (χ1v) is 37.3. The van der Waals surface area contributed by atoms with E-state index in [4.69, 9.17) is 29.4 Å². The minimum atomic E-state index is 0.0544. The van der Waals surface area contributed by atoms with Gasteiger partial charge in [-0.05, 0) is 115 Å². The molecule has 0 bridgehead atoms. The van der Waals surface area contributed by atoms with Gasteiger partial charge in [-0.1, -0.05) is 174 Å². The van der Waals surface area contributed by atoms with Crippen molar-refractivity contribution in [3.05, 3.63) is 319 Å². The van der Waals surface area contributed by atoms with E-state index >= 15 is 0 Å². The number of aromatic amines is 7. The molecule has 11 aromatic heterocycles. The van der Waals surface area contributed by atoms with Crippen LogP contribution in [0.15, 0.2) is 297 Å². The number of halogens is 1. The molecular weight excluding hydrogens is 1460 g/mol. The Kier molecular flexibility index (Phi) is 17.5. The summed E-state index contributed by atoms with van der Waals surface area (Å²) in [4.78, 5) is 74.0. The summed E-state index contributed by atoms with van der Waals surface area (Å²) in [7, 11) is 3.34. The molecule has 7 N–H and O–H groups in total. The number of benzene rings is 10. The van der Waals surface area contributed by atoms with Gasteiger partial charge in [0.05, 0.1) is 75.6 Å². The lowest BCUT2D eigenvalue weighted by Crippen LogP contribution is -1.90. The predicted octanol–water partition coefficient (Wildman–Crippen LogP) is 22.2. The molecule has 19 heteroatoms. The van der Waals surface area contributed by atoms with Crippen molar-refractivity contribution in [3.8, 4) is 90.7 Å². The lowest BCUT2D eigenvalue weighted by molar-refractivity contribution is 0.101. The lowest BCUT2D eigenvalue weighted by atomic mass is 10.0. The molecule has 0 amide bonds. The predicted molar refractivity (Wildman–Crippen MR) is 452 cm³/mol. The zero-order valence-electron chi connectivity index (χ0n) is 60.6. The van der Waals surface area contributed by atoms with Crippen LogP contribution in [0.1, 0.15) is 34.2 Å². The second-order valence-electron chi connectivity index (χ2n) is 27.2. The van der Waals surface area contributed by atoms with Crippen LogP contribution in [0.2, 0.25) is 0 Å². The molecular formula is C93H66BrN15O3. The molecule has 1 aliphatic rings. The fraction of sp³-hybridized carbons (Fsp3) is 0.0430. The first-order chi connectivity index (χ1) is 55.2. The Morgan fingerprint density at radius 2 is 0.875 bits per heavy atom. The van der Waals surface area contributed by atoms with Crippen molar-refractivity contribution in [1.29, 1.82) is 0 Å². The van der Waals surface area contributed by atoms with Crippen molar-refractivity contribution >= 4 is 126 Å². The maximum absolute atomic E-state index is 11.7. The molecule has 0 radical (unpaired) electrons. The monoisotopic (exact) mass is 1520 g/mol. The zero-order chi connectivity index (χ0) is 75.3. The third kappa shape index (κ3) is 12.4. The number of rotatable bonds is 11. The number of nitrogens with zero attached hydrogens (tertiary/aromatic N) is 8. The minimum absolute atomic E-state index is 0.0544. The van der Waals surface area contributed by atoms with Gasteiger partial charge in [-0.2, -0.15) is 0 Å². The molecule has 112 heavy (non-hydrogen) atoms. The average molecular weight is 1520 g/mol. The van der Waals surface area contributed by atoms with E-state index < -0.39 is 0 Å². The van der Waals surface area contributed by atoms with Crippen LogP contribution in [-0.2, 0) is 6.42 Å². The van der Waals surface area contributed by atoms with Crippen LogP contribution in [0.3, 0.4) is 0 Å². The average Bonchev–Trinajstić information content (AvgIpc) is 1.08. The third-order valence-electron chi connectivity index (χ3n) is 20.5. The number of nitrogens with one attached hydrogen (secondary N) is 7. The Labute approximate surface area is 648 Å². The number of Topliss-reactive ketones (excluding diaryl/α,β-unsaturated/α-hetero) is 1. The number of hydrogen-bond acceptors (Lipinski definition) is 11. The van der Waals surface area contributed by atoms with Gasteiger partial charge in [-0.3, -0.25) is 24.7 Å². The number of carbonyl (C=O) groups excluding carboxylic acids is 1. The van der Waals surface area contributed by atoms with Crippen LogP contribution >= 0.6 is 15.9 Å². The zero-order valence-corrected chi connectivity index (χ0v) is 62.2. The number of ketones is 1. The highest BCUT2D eigenvalue weighted by molar-refractivity contribution is 9.10. The number of carbonyl (C=O) groups is 1. The second kappa shape index (κ2) is 28.8. The second-order valence-corrected chi connectivity index (χ2v) is 28.1. The summed E-state index contributed by atoms with van der Waals surface area (Å²) in [5.41, 5.74) is 25.8. The summed E-state index contributed by atoms with van der Waals surface area (Å²) >= 11 is 3.58. The van der Waals surface area contributed by atoms with E-state index in [-0.39, 0.29) is 5.78 Å². The molecule has 0 aliphatic heterocycles. The molecule has 22 rings (SSSR count). The van der Waals surface area contributed by atoms with Gasteiger partial charge in [0.25, 0.3) is 0 Å². The number of ether oxygens (including phenoxy) is 2. The van der Waals surface area contributed by atoms with Crippen LogP contribution in [0, 0.1) is 0 Å². The van der Waals surface area contributed by atoms with Gasteiger partial charge in [0.2, 0.25) is 0 Å². The summed E-state index contributed by atoms with van der Waals surface area (Å²) in [6.45, 7) is 1.58. The molecule has 0 atom stereocenters. The lowest BCUT2D eigenvalue weighted by Gasteiger charge is -2.07. The highest BCUT2D eigenvalue weighted by Gasteiger charge is 2.25. The van der Waals surface area contributed by atoms with Crippen molar-refractivity contribution in [2.24, 2.45) is 0 Å². The fourth-order valence-corrected chi connectivity index (χ4v) is 15.5. The van der Waals surface area contributed by atoms with E-state index in [2.05, 4.69) is 180 Å². The van der Waals surface area contributed by atoms with Crippen LogP contribution in [0.25, 0.3) is 183 Å². The van der Waals surface area contributed by atoms with Crippen LogP contribution < -0.4 is 9.47 Å². The summed E-state index contributed by atoms with van der Waals surface area (Å²) in [6, 6.07) is 81.1. The topological polar surface area (TPSA) is 249 Å². The van der Waals surface area contributed by atoms with E-state index in [1.807, 2.05) is 171 Å². The molecule has 21 aromatic rings. The van der Waals surface area contributed by atoms with E-state index in [1.54, 1.807) is 33.5 Å². The van der Waals surface area contributed by atoms with Gasteiger partial charge in [0.15, 0.2) is 5.78 Å². The Morgan fingerprint density at radius 1 is 0.366 bits per heavy atom. The molecule has 0 unspecified atom stereocenters. The molecule has 0 saturated carbocycles. The molecule has 1 aliphatic carbocycles. The van der Waals surface area contributed by atoms with Gasteiger partial charge in [-0.15, -0.1) is 0 Å². The first kappa shape index (κ1) is 67.9. The van der Waals surface area contributed by atoms with Crippen molar-refractivity contribution in [2.45, 2.75) is 13.3 Å². The maximum Gasteiger partial charge on any atom is 0.159 e. The molecule has 18 nitrogen and oxygen atoms in total. The summed E-state index contributed by atoms with van der Waals surface area (Å²) in [5.74, 6) is 4.95. The largest absolute Gasteiger partial charge is 0.497 e. The van der Waals surface area contributed by atoms with Crippen LogP contribution in [-0.4, -0.2) is 94.8 Å². The smallest absolute Gasteiger partial charge is 0.159 e. The Morgan fingerprint density at radius 3 is 1.58 bits per heavy atom. The van der Waals surface area contributed by atoms with Crippen molar-refractivity contribution in [3.63, 3.8) is 0 Å². The number of hydrogen-bond donors (Lipinski definition) is 7. The van der Waals surface area contributed by atoms with E-state index in [0.29, 0.717) is 5.56 Å². The van der Waals surface area contributed by atoms with E-state index in [1.165, 1.54) is 11.1 Å². The van der Waals surface area contributed by atoms with Crippen molar-refractivity contribution in [2.75, 3.05) is 14.2 Å². The van der Waals surface area contributed by atoms with Crippen molar-refractivity contribution in [1.82, 2.24) is 74.8 Å². The summed E-state index contributed by atoms with van der Waals surface area (Å²) < 4.78 is 11.9. The fourth-order valence-electron chi connectivity index (χ4n) is 15.1. The first-order valence-electron chi connectivity index (χ1n) is 36.5. The maximum atomic E-state index is 11.7. The van der Waals surface area contributed by atoms with Crippen LogP contribution in [0.4, 0.5) is 0 Å². The quantitative estimate of drug-likeness (QED) is 0.0474. The van der Waals surface area contributed by atoms with Gasteiger partial charge < -0.3 is 44.4 Å². The SMILES string of the molecule is C1=C(c2nc3c4ncccc4c4cccnc4c3[nH]2)c2ccccc2C1.CC(=O)c1ccc2c(-c3nc(-c4ccccc4)c(-c4ccccc4)[nH]3)c[nH]c2c1.COc1cccc(-c2nc(-c3c[nH]c4ccc(Br)cc34)[nH]c2-c2cccc(OC)c2)c1.c1ccc2c(-c3nc4c5cccnc5c5ncccc5c4[nH]3)c[nH]c2c1. The molecule has 0 spiro atoms. The third-order valence-corrected chi connectivity index (χ3v) is 21.0. The molecule has 0 fully saturated rings. The van der Waals surface area contributed by atoms with Gasteiger partial charge in [0, 0.05) is 152 Å². The number of imidazole rings is 4. The van der Waals surface area contributed by atoms with E-state index in [9.17, 15) is 4.79 Å². The number of methoxy groups -OCH3 is 2. The standard InChI is InChI=1S/C25H20BrN3O2.C25H19N3O.C22H14N4.C21H13N5/c1-30-18-7-3-5-15(11-18)23-24(16-6-4-8-19(12-16)31-2)29-25(28-23)21-14-27-22-10-9-17(26)13-20(21)22;1-16(29)19-12-13-20-21(15-26-22(20)14-19)25-27-23(17-8-4-2-5-9-17)24(28-25)18-10-6-3-7-11-18;1-2-6-14-13(5-1)9-10-17(14)22-25-20-18-15(7-3-11-23-18)16-8-4-12-24-19(16)21(20)26-22;1-2-8-16-12(5-1)15(11-24-16)21-25-19-13-6-3-9-22-17(13)18-14(20(19)26-21)7-4-10-23-18/h3-14,27H,1-2H3,(H,28,29);2-15,26H,1H3,(H,27,28);1-8,10-12H,9H2,(H,25,26);1-11,24H,(H,25,26). The van der Waals surface area contributed by atoms with Gasteiger partial charge in [-0.25, -0.2) is 19.9 Å². The molecule has 10 aromatic carbocycles. The molecule has 0 saturated heterocycles. The van der Waals surface area contributed by atoms with Gasteiger partial charge in [0.1, 0.15) is 40.3 Å². The number of H-pyrrole nitrogens is 7. The van der Waals surface area contributed by atoms with Crippen molar-refractivity contribution < 1.29 is 14.3 Å². The Balaban J connectivity index is 0.000000101. The highest BCUT2D eigenvalue weighted by atomic mass is 79.9. The van der Waals surface area contributed by atoms with Gasteiger partial charge >= 0.3 is 0 Å². The molecule has 11 heterocycles. The highest BCUT2D eigenvalue weighted by Crippen LogP contribution is 2.42. The number of pyridine rings is 4.